The Kier molecular flexibility index (Phi) is 2.72. The molecule has 0 heteroatoms. The van der Waals surface area contributed by atoms with Gasteiger partial charge < -0.3 is 0 Å². The van der Waals surface area contributed by atoms with Gasteiger partial charge in [0.05, 0.1) is 0 Å². The van der Waals surface area contributed by atoms with Crippen LogP contribution in [0.2, 0.25) is 0 Å². The summed E-state index contributed by atoms with van der Waals surface area (Å²) in [5, 5.41) is 0. The molecule has 0 aliphatic rings. The number of hydrogen-bond donors (Lipinski definition) is 0. The molecule has 0 heterocycles. The summed E-state index contributed by atoms with van der Waals surface area (Å²) in [4.78, 5) is 0. The molecule has 0 amide bonds. The van der Waals surface area contributed by atoms with Crippen LogP contribution in [0.15, 0.2) is 0 Å². The van der Waals surface area contributed by atoms with E-state index < -0.39 is 0 Å². The van der Waals surface area contributed by atoms with Crippen molar-refractivity contribution in [3.8, 4) is 0 Å². The summed E-state index contributed by atoms with van der Waals surface area (Å²) >= 11 is 0. The Morgan fingerprint density at radius 2 is 1.22 bits per heavy atom. The first-order valence-electron chi connectivity index (χ1n) is 3.85. The molecule has 0 nitrogen and oxygen atoms in total. The summed E-state index contributed by atoms with van der Waals surface area (Å²) in [5.74, 6) is 1.63. The maximum Gasteiger partial charge on any atom is -0.0354 e. The van der Waals surface area contributed by atoms with Gasteiger partial charge in [0.2, 0.25) is 0 Å². The summed E-state index contributed by atoms with van der Waals surface area (Å²) in [6.45, 7) is 13.8. The molecule has 0 fully saturated rings. The molecule has 0 unspecified atom stereocenters. The van der Waals surface area contributed by atoms with Gasteiger partial charge in [0.25, 0.3) is 0 Å². The second-order valence-electron chi connectivity index (χ2n) is 4.40. The minimum absolute atomic E-state index is 0.480. The van der Waals surface area contributed by atoms with E-state index in [1.807, 2.05) is 0 Å². The molecule has 9 heavy (non-hydrogen) atoms. The molecule has 0 spiro atoms. The van der Waals surface area contributed by atoms with Crippen LogP contribution in [0, 0.1) is 17.3 Å². The van der Waals surface area contributed by atoms with Crippen LogP contribution in [0.3, 0.4) is 0 Å². The van der Waals surface area contributed by atoms with Crippen molar-refractivity contribution in [1.82, 2.24) is 0 Å². The van der Waals surface area contributed by atoms with Gasteiger partial charge in [-0.15, -0.1) is 0 Å². The van der Waals surface area contributed by atoms with Crippen LogP contribution in [-0.2, 0) is 0 Å². The fraction of sp³-hybridized carbons (Fsp3) is 1.00. The molecule has 1 atom stereocenters. The van der Waals surface area contributed by atoms with Crippen molar-refractivity contribution >= 4 is 0 Å². The zero-order chi connectivity index (χ0) is 7.65. The van der Waals surface area contributed by atoms with Gasteiger partial charge in [-0.3, -0.25) is 0 Å². The fourth-order valence-electron chi connectivity index (χ4n) is 1.00. The molecular weight excluding hydrogens is 108 g/mol. The molecule has 0 aromatic heterocycles. The number of hydrogen-bond acceptors (Lipinski definition) is 0. The van der Waals surface area contributed by atoms with E-state index in [4.69, 9.17) is 0 Å². The molecule has 0 radical (unpaired) electrons. The SMILES string of the molecule is CC(C)[C@H](C)C(C)(C)C. The van der Waals surface area contributed by atoms with E-state index in [9.17, 15) is 0 Å². The van der Waals surface area contributed by atoms with Crippen LogP contribution in [-0.4, -0.2) is 0 Å². The Hall–Kier alpha value is 0. The zero-order valence-corrected chi connectivity index (χ0v) is 7.65. The van der Waals surface area contributed by atoms with Crippen LogP contribution >= 0.6 is 0 Å². The largest absolute Gasteiger partial charge is 0.0625 e. The minimum atomic E-state index is 0.480. The second kappa shape index (κ2) is 2.72. The van der Waals surface area contributed by atoms with E-state index in [-0.39, 0.29) is 0 Å². The highest BCUT2D eigenvalue weighted by molar-refractivity contribution is 4.71. The summed E-state index contributed by atoms with van der Waals surface area (Å²) in [6.07, 6.45) is 0. The lowest BCUT2D eigenvalue weighted by Gasteiger charge is -2.30. The van der Waals surface area contributed by atoms with Crippen LogP contribution < -0.4 is 0 Å². The monoisotopic (exact) mass is 128 g/mol. The van der Waals surface area contributed by atoms with Crippen LogP contribution in [0.25, 0.3) is 0 Å². The van der Waals surface area contributed by atoms with Gasteiger partial charge in [0.15, 0.2) is 0 Å². The molecule has 0 N–H and O–H groups in total. The van der Waals surface area contributed by atoms with Crippen LogP contribution in [0.5, 0.6) is 0 Å². The lowest BCUT2D eigenvalue weighted by Crippen LogP contribution is -2.21. The predicted molar refractivity (Wildman–Crippen MR) is 43.5 cm³/mol. The van der Waals surface area contributed by atoms with E-state index in [2.05, 4.69) is 41.5 Å². The van der Waals surface area contributed by atoms with E-state index in [0.717, 1.165) is 11.8 Å². The third-order valence-electron chi connectivity index (χ3n) is 2.37. The third-order valence-corrected chi connectivity index (χ3v) is 2.37. The average Bonchev–Trinajstić information content (AvgIpc) is 1.62. The zero-order valence-electron chi connectivity index (χ0n) is 7.65. The normalized spacial score (nSPS) is 16.3. The summed E-state index contributed by atoms with van der Waals surface area (Å²) in [7, 11) is 0. The van der Waals surface area contributed by atoms with Gasteiger partial charge in [-0.25, -0.2) is 0 Å². The molecule has 0 aliphatic carbocycles. The molecule has 0 saturated heterocycles. The van der Waals surface area contributed by atoms with E-state index in [1.165, 1.54) is 0 Å². The molecule has 0 aromatic carbocycles. The molecule has 0 aromatic rings. The first kappa shape index (κ1) is 9.00. The van der Waals surface area contributed by atoms with Crippen molar-refractivity contribution in [2.75, 3.05) is 0 Å². The van der Waals surface area contributed by atoms with Gasteiger partial charge >= 0.3 is 0 Å². The lowest BCUT2D eigenvalue weighted by atomic mass is 9.76. The maximum atomic E-state index is 2.32. The lowest BCUT2D eigenvalue weighted by molar-refractivity contribution is 0.199. The van der Waals surface area contributed by atoms with Gasteiger partial charge in [0.1, 0.15) is 0 Å². The summed E-state index contributed by atoms with van der Waals surface area (Å²) < 4.78 is 0. The summed E-state index contributed by atoms with van der Waals surface area (Å²) in [5.41, 5.74) is 0.480. The highest BCUT2D eigenvalue weighted by atomic mass is 14.3. The number of rotatable bonds is 1. The van der Waals surface area contributed by atoms with Crippen molar-refractivity contribution in [2.45, 2.75) is 41.5 Å². The molecule has 0 bridgehead atoms. The quantitative estimate of drug-likeness (QED) is 0.508. The molecule has 0 saturated carbocycles. The molecule has 0 rings (SSSR count). The predicted octanol–water partition coefficient (Wildman–Crippen LogP) is 3.32. The van der Waals surface area contributed by atoms with E-state index in [1.54, 1.807) is 0 Å². The Bertz CT molecular complexity index is 74.5. The first-order valence-corrected chi connectivity index (χ1v) is 3.85. The standard InChI is InChI=1S/C9H20/c1-7(2)8(3)9(4,5)6/h7-8H,1-6H3/t8-/m0/s1. The Morgan fingerprint density at radius 3 is 1.22 bits per heavy atom. The van der Waals surface area contributed by atoms with Gasteiger partial charge in [-0.2, -0.15) is 0 Å². The van der Waals surface area contributed by atoms with Crippen LogP contribution in [0.1, 0.15) is 41.5 Å². The Morgan fingerprint density at radius 1 is 0.889 bits per heavy atom. The molecular formula is C9H20. The van der Waals surface area contributed by atoms with Gasteiger partial charge in [-0.1, -0.05) is 41.5 Å². The highest BCUT2D eigenvalue weighted by Gasteiger charge is 2.22. The van der Waals surface area contributed by atoms with Gasteiger partial charge in [0, 0.05) is 0 Å². The van der Waals surface area contributed by atoms with Gasteiger partial charge in [-0.05, 0) is 17.3 Å². The van der Waals surface area contributed by atoms with Crippen molar-refractivity contribution in [3.05, 3.63) is 0 Å². The first-order chi connectivity index (χ1) is 3.85. The Labute approximate surface area is 59.7 Å². The van der Waals surface area contributed by atoms with E-state index >= 15 is 0 Å². The maximum absolute atomic E-state index is 2.32. The Balaban J connectivity index is 3.88. The van der Waals surface area contributed by atoms with Crippen molar-refractivity contribution in [1.29, 1.82) is 0 Å². The summed E-state index contributed by atoms with van der Waals surface area (Å²) in [6, 6.07) is 0. The molecule has 0 aliphatic heterocycles. The van der Waals surface area contributed by atoms with Crippen molar-refractivity contribution < 1.29 is 0 Å². The third kappa shape index (κ3) is 2.88. The second-order valence-corrected chi connectivity index (χ2v) is 4.40. The topological polar surface area (TPSA) is 0 Å². The minimum Gasteiger partial charge on any atom is -0.0625 e. The van der Waals surface area contributed by atoms with Crippen molar-refractivity contribution in [3.63, 3.8) is 0 Å². The highest BCUT2D eigenvalue weighted by Crippen LogP contribution is 2.30. The van der Waals surface area contributed by atoms with Crippen molar-refractivity contribution in [2.24, 2.45) is 17.3 Å². The van der Waals surface area contributed by atoms with E-state index in [0.29, 0.717) is 5.41 Å². The molecule has 56 valence electrons. The smallest absolute Gasteiger partial charge is 0.0354 e. The fourth-order valence-corrected chi connectivity index (χ4v) is 1.00. The van der Waals surface area contributed by atoms with Crippen LogP contribution in [0.4, 0.5) is 0 Å². The average molecular weight is 128 g/mol.